The minimum Gasteiger partial charge on any atom is -0.395 e. The summed E-state index contributed by atoms with van der Waals surface area (Å²) in [7, 11) is 0. The first-order chi connectivity index (χ1) is 9.62. The Bertz CT molecular complexity index is 508. The standard InChI is InChI=1S/C16H21NO3/c1-3-6-17(7-9-19)16(20)15-11-13(2)10-14(12-15)5-4-8-18/h10-12,18-19H,3,6-9H2,1-2H3. The molecule has 0 saturated carbocycles. The van der Waals surface area contributed by atoms with Gasteiger partial charge in [-0.25, -0.2) is 0 Å². The van der Waals surface area contributed by atoms with Crippen LogP contribution in [0.1, 0.15) is 34.8 Å². The van der Waals surface area contributed by atoms with E-state index in [1.807, 2.05) is 26.0 Å². The van der Waals surface area contributed by atoms with Gasteiger partial charge in [-0.15, -0.1) is 0 Å². The van der Waals surface area contributed by atoms with E-state index in [1.165, 1.54) is 0 Å². The smallest absolute Gasteiger partial charge is 0.253 e. The van der Waals surface area contributed by atoms with E-state index in [4.69, 9.17) is 10.2 Å². The van der Waals surface area contributed by atoms with Crippen LogP contribution in [0.25, 0.3) is 0 Å². The lowest BCUT2D eigenvalue weighted by Gasteiger charge is -2.21. The maximum atomic E-state index is 12.4. The first-order valence-electron chi connectivity index (χ1n) is 6.74. The van der Waals surface area contributed by atoms with Crippen molar-refractivity contribution in [3.05, 3.63) is 34.9 Å². The number of carbonyl (C=O) groups is 1. The summed E-state index contributed by atoms with van der Waals surface area (Å²) in [6.07, 6.45) is 0.842. The van der Waals surface area contributed by atoms with Gasteiger partial charge >= 0.3 is 0 Å². The SMILES string of the molecule is CCCN(CCO)C(=O)c1cc(C)cc(C#CCO)c1. The zero-order valence-corrected chi connectivity index (χ0v) is 12.0. The number of benzene rings is 1. The van der Waals surface area contributed by atoms with Gasteiger partial charge in [0.25, 0.3) is 5.91 Å². The van der Waals surface area contributed by atoms with Crippen molar-refractivity contribution in [2.45, 2.75) is 20.3 Å². The van der Waals surface area contributed by atoms with Crippen LogP contribution in [0.4, 0.5) is 0 Å². The predicted octanol–water partition coefficient (Wildman–Crippen LogP) is 1.18. The van der Waals surface area contributed by atoms with E-state index in [1.54, 1.807) is 11.0 Å². The molecule has 20 heavy (non-hydrogen) atoms. The highest BCUT2D eigenvalue weighted by atomic mass is 16.3. The summed E-state index contributed by atoms with van der Waals surface area (Å²) in [4.78, 5) is 14.1. The Morgan fingerprint density at radius 3 is 2.60 bits per heavy atom. The second kappa shape index (κ2) is 8.36. The molecule has 0 fully saturated rings. The van der Waals surface area contributed by atoms with Gasteiger partial charge < -0.3 is 15.1 Å². The molecule has 1 aromatic carbocycles. The molecule has 4 nitrogen and oxygen atoms in total. The monoisotopic (exact) mass is 275 g/mol. The zero-order chi connectivity index (χ0) is 15.0. The fourth-order valence-corrected chi connectivity index (χ4v) is 2.01. The number of aryl methyl sites for hydroxylation is 1. The maximum absolute atomic E-state index is 12.4. The molecule has 1 aromatic rings. The van der Waals surface area contributed by atoms with Crippen molar-refractivity contribution in [2.24, 2.45) is 0 Å². The molecule has 0 spiro atoms. The lowest BCUT2D eigenvalue weighted by Crippen LogP contribution is -2.34. The molecule has 4 heteroatoms. The van der Waals surface area contributed by atoms with E-state index in [9.17, 15) is 4.79 Å². The van der Waals surface area contributed by atoms with Crippen molar-refractivity contribution in [2.75, 3.05) is 26.3 Å². The third kappa shape index (κ3) is 4.69. The van der Waals surface area contributed by atoms with E-state index >= 15 is 0 Å². The molecule has 2 N–H and O–H groups in total. The van der Waals surface area contributed by atoms with Crippen molar-refractivity contribution in [1.29, 1.82) is 0 Å². The van der Waals surface area contributed by atoms with E-state index < -0.39 is 0 Å². The van der Waals surface area contributed by atoms with Gasteiger partial charge in [-0.05, 0) is 37.1 Å². The Morgan fingerprint density at radius 1 is 1.25 bits per heavy atom. The second-order valence-electron chi connectivity index (χ2n) is 4.56. The molecule has 0 aromatic heterocycles. The normalized spacial score (nSPS) is 9.80. The molecule has 0 radical (unpaired) electrons. The Balaban J connectivity index is 3.04. The Hall–Kier alpha value is -1.83. The Morgan fingerprint density at radius 2 is 2.00 bits per heavy atom. The third-order valence-corrected chi connectivity index (χ3v) is 2.79. The van der Waals surface area contributed by atoms with Crippen LogP contribution in [0.15, 0.2) is 18.2 Å². The topological polar surface area (TPSA) is 60.8 Å². The average molecular weight is 275 g/mol. The average Bonchev–Trinajstić information content (AvgIpc) is 2.43. The zero-order valence-electron chi connectivity index (χ0n) is 12.0. The first kappa shape index (κ1) is 16.2. The summed E-state index contributed by atoms with van der Waals surface area (Å²) in [5, 5.41) is 17.8. The van der Waals surface area contributed by atoms with Crippen molar-refractivity contribution < 1.29 is 15.0 Å². The third-order valence-electron chi connectivity index (χ3n) is 2.79. The molecule has 1 amide bonds. The molecule has 1 rings (SSSR count). The van der Waals surface area contributed by atoms with Gasteiger partial charge in [-0.2, -0.15) is 0 Å². The van der Waals surface area contributed by atoms with E-state index in [2.05, 4.69) is 11.8 Å². The second-order valence-corrected chi connectivity index (χ2v) is 4.56. The van der Waals surface area contributed by atoms with Gasteiger partial charge in [0.15, 0.2) is 0 Å². The van der Waals surface area contributed by atoms with E-state index in [0.717, 1.165) is 12.0 Å². The van der Waals surface area contributed by atoms with Crippen molar-refractivity contribution >= 4 is 5.91 Å². The molecule has 0 aliphatic carbocycles. The number of hydrogen-bond acceptors (Lipinski definition) is 3. The molecule has 0 atom stereocenters. The number of nitrogens with zero attached hydrogens (tertiary/aromatic N) is 1. The first-order valence-corrected chi connectivity index (χ1v) is 6.74. The molecule has 0 aliphatic heterocycles. The number of amides is 1. The minimum absolute atomic E-state index is 0.0469. The van der Waals surface area contributed by atoms with Crippen molar-refractivity contribution in [1.82, 2.24) is 4.90 Å². The number of aliphatic hydroxyl groups excluding tert-OH is 2. The van der Waals surface area contributed by atoms with Crippen LogP contribution in [0.5, 0.6) is 0 Å². The highest BCUT2D eigenvalue weighted by molar-refractivity contribution is 5.94. The molecule has 108 valence electrons. The lowest BCUT2D eigenvalue weighted by molar-refractivity contribution is 0.0722. The number of hydrogen-bond donors (Lipinski definition) is 2. The molecular weight excluding hydrogens is 254 g/mol. The fourth-order valence-electron chi connectivity index (χ4n) is 2.01. The van der Waals surface area contributed by atoms with Gasteiger partial charge in [0.05, 0.1) is 6.61 Å². The summed E-state index contributed by atoms with van der Waals surface area (Å²) >= 11 is 0. The van der Waals surface area contributed by atoms with Crippen molar-refractivity contribution in [3.8, 4) is 11.8 Å². The quantitative estimate of drug-likeness (QED) is 0.793. The number of rotatable bonds is 5. The van der Waals surface area contributed by atoms with Gasteiger partial charge in [0, 0.05) is 24.2 Å². The molecule has 0 aliphatic rings. The van der Waals surface area contributed by atoms with Crippen LogP contribution in [-0.4, -0.2) is 47.3 Å². The van der Waals surface area contributed by atoms with E-state index in [0.29, 0.717) is 24.2 Å². The van der Waals surface area contributed by atoms with Gasteiger partial charge in [0.1, 0.15) is 6.61 Å². The van der Waals surface area contributed by atoms with Gasteiger partial charge in [-0.1, -0.05) is 18.8 Å². The maximum Gasteiger partial charge on any atom is 0.253 e. The Kier molecular flexibility index (Phi) is 6.78. The van der Waals surface area contributed by atoms with Crippen LogP contribution in [0, 0.1) is 18.8 Å². The summed E-state index contributed by atoms with van der Waals surface area (Å²) in [5.74, 6) is 5.29. The number of aliphatic hydroxyl groups is 2. The van der Waals surface area contributed by atoms with Crippen LogP contribution in [-0.2, 0) is 0 Å². The Labute approximate surface area is 120 Å². The molecule has 0 heterocycles. The summed E-state index contributed by atoms with van der Waals surface area (Å²) in [5.41, 5.74) is 2.22. The van der Waals surface area contributed by atoms with Gasteiger partial charge in [0.2, 0.25) is 0 Å². The van der Waals surface area contributed by atoms with Gasteiger partial charge in [-0.3, -0.25) is 4.79 Å². The largest absolute Gasteiger partial charge is 0.395 e. The van der Waals surface area contributed by atoms with Crippen LogP contribution in [0.3, 0.4) is 0 Å². The van der Waals surface area contributed by atoms with Crippen LogP contribution in [0.2, 0.25) is 0 Å². The minimum atomic E-state index is -0.205. The molecular formula is C16H21NO3. The summed E-state index contributed by atoms with van der Waals surface area (Å²) in [6, 6.07) is 5.40. The summed E-state index contributed by atoms with van der Waals surface area (Å²) < 4.78 is 0. The fraction of sp³-hybridized carbons (Fsp3) is 0.438. The van der Waals surface area contributed by atoms with Crippen molar-refractivity contribution in [3.63, 3.8) is 0 Å². The van der Waals surface area contributed by atoms with Crippen LogP contribution < -0.4 is 0 Å². The molecule has 0 bridgehead atoms. The lowest BCUT2D eigenvalue weighted by atomic mass is 10.1. The highest BCUT2D eigenvalue weighted by Crippen LogP contribution is 2.12. The summed E-state index contributed by atoms with van der Waals surface area (Å²) in [6.45, 7) is 4.59. The predicted molar refractivity (Wildman–Crippen MR) is 78.4 cm³/mol. The van der Waals surface area contributed by atoms with E-state index in [-0.39, 0.29) is 19.1 Å². The molecule has 0 unspecified atom stereocenters. The highest BCUT2D eigenvalue weighted by Gasteiger charge is 2.15. The molecule has 0 saturated heterocycles. The van der Waals surface area contributed by atoms with Crippen LogP contribution >= 0.6 is 0 Å². The number of carbonyl (C=O) groups excluding carboxylic acids is 1.